The van der Waals surface area contributed by atoms with Crippen molar-refractivity contribution in [2.45, 2.75) is 6.42 Å². The molecule has 0 aromatic heterocycles. The number of hydrogen-bond donors (Lipinski definition) is 2. The molecule has 0 radical (unpaired) electrons. The number of hydrogen-bond acceptors (Lipinski definition) is 7. The van der Waals surface area contributed by atoms with Gasteiger partial charge >= 0.3 is 5.69 Å². The van der Waals surface area contributed by atoms with Crippen LogP contribution in [0, 0.1) is 20.2 Å². The number of aromatic hydroxyl groups is 1. The van der Waals surface area contributed by atoms with E-state index >= 15 is 0 Å². The number of nitro benzene ring substituents is 2. The molecule has 3 aromatic carbocycles. The summed E-state index contributed by atoms with van der Waals surface area (Å²) in [7, 11) is 0. The zero-order valence-electron chi connectivity index (χ0n) is 15.1. The Morgan fingerprint density at radius 1 is 0.931 bits per heavy atom. The minimum atomic E-state index is -0.701. The summed E-state index contributed by atoms with van der Waals surface area (Å²) in [6.07, 6.45) is 0.401. The predicted molar refractivity (Wildman–Crippen MR) is 108 cm³/mol. The van der Waals surface area contributed by atoms with Gasteiger partial charge in [-0.1, -0.05) is 42.5 Å². The summed E-state index contributed by atoms with van der Waals surface area (Å²) < 4.78 is 0. The number of rotatable bonds is 7. The van der Waals surface area contributed by atoms with Crippen LogP contribution in [0.15, 0.2) is 77.9 Å². The number of benzene rings is 3. The van der Waals surface area contributed by atoms with E-state index in [4.69, 9.17) is 0 Å². The first-order chi connectivity index (χ1) is 13.9. The molecule has 3 aromatic rings. The molecule has 0 saturated carbocycles. The van der Waals surface area contributed by atoms with Gasteiger partial charge in [-0.3, -0.25) is 25.7 Å². The number of nitrogens with one attached hydrogen (secondary N) is 1. The van der Waals surface area contributed by atoms with Crippen molar-refractivity contribution in [1.29, 1.82) is 0 Å². The van der Waals surface area contributed by atoms with Crippen molar-refractivity contribution >= 4 is 22.8 Å². The summed E-state index contributed by atoms with van der Waals surface area (Å²) in [4.78, 5) is 20.8. The molecule has 9 heteroatoms. The highest BCUT2D eigenvalue weighted by Crippen LogP contribution is 2.29. The standard InChI is InChI=1S/C20H16N4O5/c25-17-9-6-14(7-10-17)12-19(15-4-2-1-3-5-15)22-21-18-11-8-16(23(26)27)13-20(18)24(28)29/h1-11,13,21,25H,12H2/b22-19+. The van der Waals surface area contributed by atoms with Gasteiger partial charge < -0.3 is 5.11 Å². The van der Waals surface area contributed by atoms with Crippen LogP contribution in [0.2, 0.25) is 0 Å². The molecule has 3 rings (SSSR count). The predicted octanol–water partition coefficient (Wildman–Crippen LogP) is 4.27. The molecule has 0 heterocycles. The quantitative estimate of drug-likeness (QED) is 0.351. The monoisotopic (exact) mass is 392 g/mol. The van der Waals surface area contributed by atoms with Gasteiger partial charge in [-0.25, -0.2) is 0 Å². The molecule has 9 nitrogen and oxygen atoms in total. The zero-order chi connectivity index (χ0) is 20.8. The molecule has 0 saturated heterocycles. The van der Waals surface area contributed by atoms with Crippen LogP contribution < -0.4 is 5.43 Å². The first-order valence-corrected chi connectivity index (χ1v) is 8.53. The van der Waals surface area contributed by atoms with Crippen LogP contribution in [0.3, 0.4) is 0 Å². The third-order valence-electron chi connectivity index (χ3n) is 4.12. The fraction of sp³-hybridized carbons (Fsp3) is 0.0500. The number of nitro groups is 2. The second-order valence-corrected chi connectivity index (χ2v) is 6.10. The van der Waals surface area contributed by atoms with E-state index < -0.39 is 15.5 Å². The molecule has 0 aliphatic carbocycles. The molecule has 0 atom stereocenters. The van der Waals surface area contributed by atoms with E-state index in [1.807, 2.05) is 30.3 Å². The van der Waals surface area contributed by atoms with Crippen molar-refractivity contribution in [3.63, 3.8) is 0 Å². The first-order valence-electron chi connectivity index (χ1n) is 8.53. The molecule has 0 aliphatic rings. The highest BCUT2D eigenvalue weighted by Gasteiger charge is 2.19. The van der Waals surface area contributed by atoms with Crippen LogP contribution in [0.5, 0.6) is 5.75 Å². The normalized spacial score (nSPS) is 11.1. The number of phenols is 1. The second kappa shape index (κ2) is 8.61. The maximum absolute atomic E-state index is 11.3. The van der Waals surface area contributed by atoms with Gasteiger partial charge in [0, 0.05) is 12.5 Å². The maximum atomic E-state index is 11.3. The summed E-state index contributed by atoms with van der Waals surface area (Å²) in [5.41, 5.74) is 4.17. The maximum Gasteiger partial charge on any atom is 0.301 e. The Bertz CT molecular complexity index is 1070. The highest BCUT2D eigenvalue weighted by atomic mass is 16.6. The van der Waals surface area contributed by atoms with E-state index in [1.54, 1.807) is 24.3 Å². The molecule has 29 heavy (non-hydrogen) atoms. The molecule has 0 aliphatic heterocycles. The summed E-state index contributed by atoms with van der Waals surface area (Å²) >= 11 is 0. The third-order valence-corrected chi connectivity index (χ3v) is 4.12. The van der Waals surface area contributed by atoms with Gasteiger partial charge in [0.05, 0.1) is 21.6 Å². The van der Waals surface area contributed by atoms with Gasteiger partial charge in [0.2, 0.25) is 0 Å². The topological polar surface area (TPSA) is 131 Å². The molecule has 2 N–H and O–H groups in total. The molecular formula is C20H16N4O5. The molecule has 0 spiro atoms. The summed E-state index contributed by atoms with van der Waals surface area (Å²) in [6, 6.07) is 19.2. The lowest BCUT2D eigenvalue weighted by molar-refractivity contribution is -0.393. The number of phenolic OH excluding ortho intramolecular Hbond substituents is 1. The molecule has 0 unspecified atom stereocenters. The number of nitrogens with zero attached hydrogens (tertiary/aromatic N) is 3. The van der Waals surface area contributed by atoms with Crippen LogP contribution in [0.4, 0.5) is 17.1 Å². The van der Waals surface area contributed by atoms with E-state index in [2.05, 4.69) is 10.5 Å². The van der Waals surface area contributed by atoms with Crippen molar-refractivity contribution in [1.82, 2.24) is 0 Å². The molecule has 0 bridgehead atoms. The number of hydrazone groups is 1. The molecule has 0 amide bonds. The second-order valence-electron chi connectivity index (χ2n) is 6.10. The van der Waals surface area contributed by atoms with Crippen molar-refractivity contribution < 1.29 is 15.0 Å². The van der Waals surface area contributed by atoms with Crippen LogP contribution in [0.25, 0.3) is 0 Å². The Labute approximate surface area is 165 Å². The van der Waals surface area contributed by atoms with Gasteiger partial charge in [-0.15, -0.1) is 0 Å². The SMILES string of the molecule is O=[N+]([O-])c1ccc(N/N=C(\Cc2ccc(O)cc2)c2ccccc2)c([N+](=O)[O-])c1. The number of non-ortho nitro benzene ring substituents is 1. The first kappa shape index (κ1) is 19.5. The summed E-state index contributed by atoms with van der Waals surface area (Å²) in [6.45, 7) is 0. The van der Waals surface area contributed by atoms with E-state index in [-0.39, 0.29) is 17.1 Å². The summed E-state index contributed by atoms with van der Waals surface area (Å²) in [5.74, 6) is 0.145. The van der Waals surface area contributed by atoms with Gasteiger partial charge in [0.1, 0.15) is 11.4 Å². The third kappa shape index (κ3) is 4.92. The number of anilines is 1. The molecule has 146 valence electrons. The minimum absolute atomic E-state index is 0.0414. The van der Waals surface area contributed by atoms with Crippen LogP contribution >= 0.6 is 0 Å². The average Bonchev–Trinajstić information content (AvgIpc) is 2.73. The Kier molecular flexibility index (Phi) is 5.79. The Hall–Kier alpha value is -4.27. The molecule has 0 fully saturated rings. The lowest BCUT2D eigenvalue weighted by atomic mass is 10.0. The van der Waals surface area contributed by atoms with Gasteiger partial charge in [-0.05, 0) is 29.3 Å². The fourth-order valence-electron chi connectivity index (χ4n) is 2.65. The van der Waals surface area contributed by atoms with Crippen LogP contribution in [-0.2, 0) is 6.42 Å². The Balaban J connectivity index is 1.95. The van der Waals surface area contributed by atoms with Gasteiger partial charge in [-0.2, -0.15) is 5.10 Å². The average molecular weight is 392 g/mol. The van der Waals surface area contributed by atoms with Crippen LogP contribution in [-0.4, -0.2) is 20.7 Å². The van der Waals surface area contributed by atoms with E-state index in [1.165, 1.54) is 12.1 Å². The van der Waals surface area contributed by atoms with Gasteiger partial charge in [0.25, 0.3) is 5.69 Å². The van der Waals surface area contributed by atoms with Crippen molar-refractivity contribution in [3.05, 3.63) is 104 Å². The summed E-state index contributed by atoms with van der Waals surface area (Å²) in [5, 5.41) is 36.0. The van der Waals surface area contributed by atoms with Crippen molar-refractivity contribution in [3.8, 4) is 5.75 Å². The smallest absolute Gasteiger partial charge is 0.301 e. The fourth-order valence-corrected chi connectivity index (χ4v) is 2.65. The van der Waals surface area contributed by atoms with E-state index in [0.29, 0.717) is 12.1 Å². The zero-order valence-corrected chi connectivity index (χ0v) is 15.1. The molecular weight excluding hydrogens is 376 g/mol. The van der Waals surface area contributed by atoms with Crippen molar-refractivity contribution in [2.24, 2.45) is 5.10 Å². The van der Waals surface area contributed by atoms with Gasteiger partial charge in [0.15, 0.2) is 0 Å². The highest BCUT2D eigenvalue weighted by molar-refractivity contribution is 6.02. The lowest BCUT2D eigenvalue weighted by Crippen LogP contribution is -2.09. The van der Waals surface area contributed by atoms with E-state index in [0.717, 1.165) is 17.2 Å². The largest absolute Gasteiger partial charge is 0.508 e. The minimum Gasteiger partial charge on any atom is -0.508 e. The Morgan fingerprint density at radius 3 is 2.24 bits per heavy atom. The lowest BCUT2D eigenvalue weighted by Gasteiger charge is -2.09. The van der Waals surface area contributed by atoms with Crippen molar-refractivity contribution in [2.75, 3.05) is 5.43 Å². The van der Waals surface area contributed by atoms with E-state index in [9.17, 15) is 25.3 Å². The van der Waals surface area contributed by atoms with Crippen LogP contribution in [0.1, 0.15) is 11.1 Å². The Morgan fingerprint density at radius 2 is 1.62 bits per heavy atom.